The van der Waals surface area contributed by atoms with E-state index in [1.54, 1.807) is 24.3 Å². The van der Waals surface area contributed by atoms with Crippen LogP contribution in [0.1, 0.15) is 90.5 Å². The average Bonchev–Trinajstić information content (AvgIpc) is 3.20. The number of fused-ring (bicyclic) bond motifs is 1. The number of aryl methyl sites for hydroxylation is 1. The van der Waals surface area contributed by atoms with Gasteiger partial charge in [-0.15, -0.1) is 0 Å². The number of carboxylic acids is 1. The van der Waals surface area contributed by atoms with E-state index in [-0.39, 0.29) is 23.1 Å². The SMILES string of the molecule is CCC(CC)(NC(=O)c1c(C)nn2c1NC(c1ccccc1)CC2(C)C)c1ccc(C(=O)O)cc1. The topological polar surface area (TPSA) is 96.3 Å². The molecule has 1 amide bonds. The van der Waals surface area contributed by atoms with E-state index in [2.05, 4.69) is 36.6 Å². The summed E-state index contributed by atoms with van der Waals surface area (Å²) in [5.74, 6) is -0.429. The number of amides is 1. The molecular weight excluding hydrogens is 440 g/mol. The molecule has 4 rings (SSSR count). The number of anilines is 1. The van der Waals surface area contributed by atoms with Crippen LogP contribution in [0.5, 0.6) is 0 Å². The molecule has 0 spiro atoms. The van der Waals surface area contributed by atoms with E-state index < -0.39 is 11.5 Å². The van der Waals surface area contributed by atoms with Crippen molar-refractivity contribution < 1.29 is 14.7 Å². The molecule has 2 heterocycles. The average molecular weight is 475 g/mol. The van der Waals surface area contributed by atoms with Crippen molar-refractivity contribution in [1.29, 1.82) is 0 Å². The van der Waals surface area contributed by atoms with Gasteiger partial charge in [0.1, 0.15) is 11.4 Å². The van der Waals surface area contributed by atoms with E-state index in [1.165, 1.54) is 5.56 Å². The number of benzene rings is 2. The second kappa shape index (κ2) is 9.21. The van der Waals surface area contributed by atoms with Crippen molar-refractivity contribution in [2.75, 3.05) is 5.32 Å². The third-order valence-electron chi connectivity index (χ3n) is 7.32. The minimum Gasteiger partial charge on any atom is -0.478 e. The molecule has 0 radical (unpaired) electrons. The monoisotopic (exact) mass is 474 g/mol. The zero-order valence-electron chi connectivity index (χ0n) is 21.1. The Morgan fingerprint density at radius 3 is 2.31 bits per heavy atom. The Bertz CT molecular complexity index is 1230. The predicted octanol–water partition coefficient (Wildman–Crippen LogP) is 5.63. The van der Waals surface area contributed by atoms with Gasteiger partial charge in [0.05, 0.1) is 28.4 Å². The zero-order valence-corrected chi connectivity index (χ0v) is 21.1. The number of carboxylic acid groups (broad SMARTS) is 1. The standard InChI is InChI=1S/C28H34N4O3/c1-6-28(7-2,21-15-13-20(14-16-21)26(34)35)30-25(33)23-18(3)31-32-24(23)29-22(17-27(32,4)5)19-11-9-8-10-12-19/h8-16,22,29H,6-7,17H2,1-5H3,(H,30,33)(H,34,35). The third-order valence-corrected chi connectivity index (χ3v) is 7.32. The number of carbonyl (C=O) groups is 2. The van der Waals surface area contributed by atoms with Crippen LogP contribution in [0.4, 0.5) is 5.82 Å². The smallest absolute Gasteiger partial charge is 0.335 e. The highest BCUT2D eigenvalue weighted by atomic mass is 16.4. The minimum absolute atomic E-state index is 0.0621. The van der Waals surface area contributed by atoms with Gasteiger partial charge < -0.3 is 15.7 Å². The number of hydrogen-bond acceptors (Lipinski definition) is 4. The van der Waals surface area contributed by atoms with Gasteiger partial charge in [-0.05, 0) is 63.3 Å². The molecule has 3 N–H and O–H groups in total. The Balaban J connectivity index is 1.71. The molecule has 2 aromatic carbocycles. The van der Waals surface area contributed by atoms with E-state index in [0.29, 0.717) is 24.1 Å². The largest absolute Gasteiger partial charge is 0.478 e. The van der Waals surface area contributed by atoms with Crippen LogP contribution in [0.3, 0.4) is 0 Å². The quantitative estimate of drug-likeness (QED) is 0.413. The molecule has 1 unspecified atom stereocenters. The lowest BCUT2D eigenvalue weighted by atomic mass is 9.84. The second-order valence-corrected chi connectivity index (χ2v) is 9.97. The van der Waals surface area contributed by atoms with Gasteiger partial charge in [0, 0.05) is 0 Å². The van der Waals surface area contributed by atoms with E-state index in [0.717, 1.165) is 17.8 Å². The summed E-state index contributed by atoms with van der Waals surface area (Å²) in [7, 11) is 0. The van der Waals surface area contributed by atoms with E-state index in [9.17, 15) is 14.7 Å². The summed E-state index contributed by atoms with van der Waals surface area (Å²) >= 11 is 0. The van der Waals surface area contributed by atoms with Crippen LogP contribution in [0, 0.1) is 6.92 Å². The number of nitrogens with zero attached hydrogens (tertiary/aromatic N) is 2. The van der Waals surface area contributed by atoms with Gasteiger partial charge in [0.2, 0.25) is 0 Å². The van der Waals surface area contributed by atoms with Gasteiger partial charge in [0.25, 0.3) is 5.91 Å². The molecule has 0 saturated heterocycles. The summed E-state index contributed by atoms with van der Waals surface area (Å²) in [6.07, 6.45) is 2.17. The molecule has 0 aliphatic carbocycles. The summed E-state index contributed by atoms with van der Waals surface area (Å²) < 4.78 is 1.94. The Kier molecular flexibility index (Phi) is 6.45. The van der Waals surface area contributed by atoms with Crippen LogP contribution in [-0.2, 0) is 11.1 Å². The molecule has 1 aromatic heterocycles. The first-order chi connectivity index (χ1) is 16.6. The van der Waals surface area contributed by atoms with Crippen molar-refractivity contribution in [2.24, 2.45) is 0 Å². The molecule has 7 heteroatoms. The van der Waals surface area contributed by atoms with Gasteiger partial charge >= 0.3 is 5.97 Å². The summed E-state index contributed by atoms with van der Waals surface area (Å²) in [4.78, 5) is 25.1. The van der Waals surface area contributed by atoms with Crippen LogP contribution in [0.25, 0.3) is 0 Å². The Hall–Kier alpha value is -3.61. The number of rotatable bonds is 7. The van der Waals surface area contributed by atoms with Crippen molar-refractivity contribution in [3.63, 3.8) is 0 Å². The first kappa shape index (κ1) is 24.5. The maximum Gasteiger partial charge on any atom is 0.335 e. The summed E-state index contributed by atoms with van der Waals surface area (Å²) in [6, 6.07) is 17.1. The summed E-state index contributed by atoms with van der Waals surface area (Å²) in [5, 5.41) is 20.9. The lowest BCUT2D eigenvalue weighted by Gasteiger charge is -2.38. The zero-order chi connectivity index (χ0) is 25.4. The van der Waals surface area contributed by atoms with Crippen LogP contribution in [0.15, 0.2) is 54.6 Å². The van der Waals surface area contributed by atoms with Gasteiger partial charge in [-0.25, -0.2) is 9.48 Å². The molecule has 3 aromatic rings. The highest BCUT2D eigenvalue weighted by molar-refractivity contribution is 6.00. The summed E-state index contributed by atoms with van der Waals surface area (Å²) in [5.41, 5.74) is 2.60. The number of aromatic nitrogens is 2. The maximum atomic E-state index is 13.8. The van der Waals surface area contributed by atoms with Crippen LogP contribution in [-0.4, -0.2) is 26.8 Å². The molecule has 0 bridgehead atoms. The van der Waals surface area contributed by atoms with Crippen molar-refractivity contribution in [3.8, 4) is 0 Å². The number of nitrogens with one attached hydrogen (secondary N) is 2. The number of carbonyl (C=O) groups excluding carboxylic acids is 1. The second-order valence-electron chi connectivity index (χ2n) is 9.97. The van der Waals surface area contributed by atoms with Gasteiger partial charge in [0.15, 0.2) is 0 Å². The van der Waals surface area contributed by atoms with Crippen molar-refractivity contribution >= 4 is 17.7 Å². The van der Waals surface area contributed by atoms with Crippen LogP contribution in [0.2, 0.25) is 0 Å². The van der Waals surface area contributed by atoms with E-state index in [1.807, 2.05) is 43.7 Å². The molecule has 184 valence electrons. The summed E-state index contributed by atoms with van der Waals surface area (Å²) in [6.45, 7) is 10.2. The first-order valence-electron chi connectivity index (χ1n) is 12.2. The highest BCUT2D eigenvalue weighted by Crippen LogP contribution is 2.41. The van der Waals surface area contributed by atoms with Crippen molar-refractivity contribution in [3.05, 3.63) is 82.5 Å². The maximum absolute atomic E-state index is 13.8. The molecule has 1 aliphatic heterocycles. The van der Waals surface area contributed by atoms with Crippen LogP contribution < -0.4 is 10.6 Å². The molecule has 35 heavy (non-hydrogen) atoms. The number of aromatic carboxylic acids is 1. The number of hydrogen-bond donors (Lipinski definition) is 3. The lowest BCUT2D eigenvalue weighted by Crippen LogP contribution is -2.45. The Morgan fingerprint density at radius 2 is 1.74 bits per heavy atom. The molecule has 1 aliphatic rings. The Morgan fingerprint density at radius 1 is 1.11 bits per heavy atom. The molecule has 7 nitrogen and oxygen atoms in total. The van der Waals surface area contributed by atoms with E-state index in [4.69, 9.17) is 5.10 Å². The first-order valence-corrected chi connectivity index (χ1v) is 12.2. The van der Waals surface area contributed by atoms with E-state index >= 15 is 0 Å². The third kappa shape index (κ3) is 4.43. The van der Waals surface area contributed by atoms with Gasteiger partial charge in [-0.2, -0.15) is 5.10 Å². The molecular formula is C28H34N4O3. The van der Waals surface area contributed by atoms with Gasteiger partial charge in [-0.3, -0.25) is 4.79 Å². The minimum atomic E-state index is -0.969. The highest BCUT2D eigenvalue weighted by Gasteiger charge is 2.39. The normalized spacial score (nSPS) is 16.8. The van der Waals surface area contributed by atoms with Crippen molar-refractivity contribution in [2.45, 2.75) is 71.0 Å². The molecule has 0 saturated carbocycles. The Labute approximate surface area is 206 Å². The molecule has 0 fully saturated rings. The predicted molar refractivity (Wildman–Crippen MR) is 137 cm³/mol. The lowest BCUT2D eigenvalue weighted by molar-refractivity contribution is 0.0696. The van der Waals surface area contributed by atoms with Gasteiger partial charge in [-0.1, -0.05) is 56.3 Å². The fourth-order valence-corrected chi connectivity index (χ4v) is 5.18. The van der Waals surface area contributed by atoms with Crippen LogP contribution >= 0.6 is 0 Å². The van der Waals surface area contributed by atoms with Crippen molar-refractivity contribution in [1.82, 2.24) is 15.1 Å². The molecule has 1 atom stereocenters. The fraction of sp³-hybridized carbons (Fsp3) is 0.393. The fourth-order valence-electron chi connectivity index (χ4n) is 5.18.